The van der Waals surface area contributed by atoms with Gasteiger partial charge in [-0.05, 0) is 49.9 Å². The van der Waals surface area contributed by atoms with Crippen molar-refractivity contribution < 1.29 is 18.7 Å². The predicted molar refractivity (Wildman–Crippen MR) is 122 cm³/mol. The van der Waals surface area contributed by atoms with E-state index in [2.05, 4.69) is 11.0 Å². The van der Waals surface area contributed by atoms with E-state index in [-0.39, 0.29) is 12.0 Å². The zero-order valence-corrected chi connectivity index (χ0v) is 18.5. The van der Waals surface area contributed by atoms with Crippen molar-refractivity contribution in [3.63, 3.8) is 0 Å². The molecule has 2 aliphatic rings. The summed E-state index contributed by atoms with van der Waals surface area (Å²) < 4.78 is 16.4. The molecule has 0 N–H and O–H groups in total. The lowest BCUT2D eigenvalue weighted by atomic mass is 10.1. The van der Waals surface area contributed by atoms with E-state index in [0.29, 0.717) is 18.7 Å². The first-order chi connectivity index (χ1) is 15.7. The third kappa shape index (κ3) is 4.30. The molecule has 0 aliphatic carbocycles. The summed E-state index contributed by atoms with van der Waals surface area (Å²) in [5.41, 5.74) is 2.52. The largest absolute Gasteiger partial charge is 0.497 e. The van der Waals surface area contributed by atoms with Crippen LogP contribution < -0.4 is 9.64 Å². The molecule has 32 heavy (non-hydrogen) atoms. The lowest BCUT2D eigenvalue weighted by molar-refractivity contribution is 0.0507. The van der Waals surface area contributed by atoms with Crippen LogP contribution in [0, 0.1) is 0 Å². The van der Waals surface area contributed by atoms with E-state index in [9.17, 15) is 4.79 Å². The second-order valence-electron chi connectivity index (χ2n) is 8.56. The molecule has 2 fully saturated rings. The molecule has 7 nitrogen and oxygen atoms in total. The maximum Gasteiger partial charge on any atom is 0.257 e. The van der Waals surface area contributed by atoms with E-state index in [0.717, 1.165) is 73.4 Å². The summed E-state index contributed by atoms with van der Waals surface area (Å²) in [5, 5.41) is 1.04. The SMILES string of the molecule is COc1ccc2cc(CN(CC3CCCO3)C(=O)c3ccoc3)c(N3CCCC3)nc2c1. The second-order valence-corrected chi connectivity index (χ2v) is 8.56. The molecule has 5 rings (SSSR count). The Morgan fingerprint density at radius 1 is 1.22 bits per heavy atom. The molecule has 1 unspecified atom stereocenters. The van der Waals surface area contributed by atoms with Crippen molar-refractivity contribution in [2.75, 3.05) is 38.3 Å². The number of carbonyl (C=O) groups excluding carboxylic acids is 1. The van der Waals surface area contributed by atoms with Crippen LogP contribution in [0.4, 0.5) is 5.82 Å². The Bertz CT molecular complexity index is 1070. The fraction of sp³-hybridized carbons (Fsp3) is 0.440. The Morgan fingerprint density at radius 2 is 2.09 bits per heavy atom. The minimum Gasteiger partial charge on any atom is -0.497 e. The highest BCUT2D eigenvalue weighted by molar-refractivity contribution is 5.94. The number of hydrogen-bond donors (Lipinski definition) is 0. The van der Waals surface area contributed by atoms with Gasteiger partial charge in [-0.15, -0.1) is 0 Å². The summed E-state index contributed by atoms with van der Waals surface area (Å²) in [6.07, 6.45) is 7.45. The highest BCUT2D eigenvalue weighted by atomic mass is 16.5. The van der Waals surface area contributed by atoms with Crippen molar-refractivity contribution >= 4 is 22.6 Å². The molecule has 3 aromatic rings. The molecule has 0 bridgehead atoms. The highest BCUT2D eigenvalue weighted by Crippen LogP contribution is 2.30. The van der Waals surface area contributed by atoms with Gasteiger partial charge in [0.15, 0.2) is 0 Å². The van der Waals surface area contributed by atoms with E-state index in [1.54, 1.807) is 13.2 Å². The van der Waals surface area contributed by atoms with Crippen molar-refractivity contribution in [2.45, 2.75) is 38.3 Å². The number of amides is 1. The lowest BCUT2D eigenvalue weighted by Crippen LogP contribution is -2.37. The van der Waals surface area contributed by atoms with Crippen molar-refractivity contribution in [2.24, 2.45) is 0 Å². The first-order valence-electron chi connectivity index (χ1n) is 11.4. The van der Waals surface area contributed by atoms with Crippen molar-refractivity contribution in [3.8, 4) is 5.75 Å². The average Bonchev–Trinajstić information content (AvgIpc) is 3.61. The first kappa shape index (κ1) is 20.8. The number of ether oxygens (including phenoxy) is 2. The van der Waals surface area contributed by atoms with Crippen molar-refractivity contribution in [1.82, 2.24) is 9.88 Å². The number of benzene rings is 1. The molecule has 2 aromatic heterocycles. The van der Waals surface area contributed by atoms with Crippen LogP contribution in [-0.2, 0) is 11.3 Å². The van der Waals surface area contributed by atoms with Gasteiger partial charge >= 0.3 is 0 Å². The van der Waals surface area contributed by atoms with Crippen LogP contribution in [0.25, 0.3) is 10.9 Å². The first-order valence-corrected chi connectivity index (χ1v) is 11.4. The van der Waals surface area contributed by atoms with Gasteiger partial charge in [-0.2, -0.15) is 0 Å². The van der Waals surface area contributed by atoms with E-state index >= 15 is 0 Å². The topological polar surface area (TPSA) is 68.0 Å². The minimum absolute atomic E-state index is 0.0450. The lowest BCUT2D eigenvalue weighted by Gasteiger charge is -2.28. The third-order valence-electron chi connectivity index (χ3n) is 6.35. The van der Waals surface area contributed by atoms with Crippen LogP contribution in [0.1, 0.15) is 41.6 Å². The molecule has 4 heterocycles. The summed E-state index contributed by atoms with van der Waals surface area (Å²) in [5.74, 6) is 1.71. The number of rotatable bonds is 7. The molecular formula is C25H29N3O4. The number of furan rings is 1. The molecule has 168 valence electrons. The standard InChI is InChI=1S/C25H29N3O4/c1-30-21-7-6-18-13-20(24(26-23(18)14-21)27-9-2-3-10-27)15-28(16-22-5-4-11-32-22)25(29)19-8-12-31-17-19/h6-8,12-14,17,22H,2-5,9-11,15-16H2,1H3. The van der Waals surface area contributed by atoms with Gasteiger partial charge in [0.25, 0.3) is 5.91 Å². The van der Waals surface area contributed by atoms with Gasteiger partial charge in [-0.1, -0.05) is 0 Å². The van der Waals surface area contributed by atoms with Crippen molar-refractivity contribution in [3.05, 3.63) is 54.0 Å². The molecule has 1 aromatic carbocycles. The minimum atomic E-state index is -0.0450. The molecule has 2 aliphatic heterocycles. The number of pyridine rings is 1. The van der Waals surface area contributed by atoms with E-state index in [1.807, 2.05) is 23.1 Å². The summed E-state index contributed by atoms with van der Waals surface area (Å²) in [6, 6.07) is 9.84. The maximum atomic E-state index is 13.3. The van der Waals surface area contributed by atoms with Crippen molar-refractivity contribution in [1.29, 1.82) is 0 Å². The molecule has 0 spiro atoms. The molecule has 0 radical (unpaired) electrons. The number of anilines is 1. The van der Waals surface area contributed by atoms with Gasteiger partial charge in [0.05, 0.1) is 30.6 Å². The Labute approximate surface area is 187 Å². The van der Waals surface area contributed by atoms with Gasteiger partial charge in [-0.25, -0.2) is 4.98 Å². The zero-order valence-electron chi connectivity index (χ0n) is 18.5. The predicted octanol–water partition coefficient (Wildman–Crippen LogP) is 4.26. The number of aromatic nitrogens is 1. The molecule has 7 heteroatoms. The quantitative estimate of drug-likeness (QED) is 0.552. The molecular weight excluding hydrogens is 406 g/mol. The highest BCUT2D eigenvalue weighted by Gasteiger charge is 2.27. The maximum absolute atomic E-state index is 13.3. The fourth-order valence-electron chi connectivity index (χ4n) is 4.65. The van der Waals surface area contributed by atoms with Crippen LogP contribution in [-0.4, -0.2) is 55.2 Å². The van der Waals surface area contributed by atoms with Gasteiger partial charge < -0.3 is 23.7 Å². The monoisotopic (exact) mass is 435 g/mol. The van der Waals surface area contributed by atoms with E-state index in [4.69, 9.17) is 18.9 Å². The fourth-order valence-corrected chi connectivity index (χ4v) is 4.65. The number of carbonyl (C=O) groups is 1. The molecule has 2 saturated heterocycles. The van der Waals surface area contributed by atoms with E-state index in [1.165, 1.54) is 12.5 Å². The summed E-state index contributed by atoms with van der Waals surface area (Å²) >= 11 is 0. The zero-order chi connectivity index (χ0) is 21.9. The average molecular weight is 436 g/mol. The second kappa shape index (κ2) is 9.20. The summed E-state index contributed by atoms with van der Waals surface area (Å²) in [6.45, 7) is 3.76. The summed E-state index contributed by atoms with van der Waals surface area (Å²) in [4.78, 5) is 22.6. The molecule has 0 saturated carbocycles. The third-order valence-corrected chi connectivity index (χ3v) is 6.35. The Kier molecular flexibility index (Phi) is 5.99. The van der Waals surface area contributed by atoms with Crippen LogP contribution in [0.5, 0.6) is 5.75 Å². The summed E-state index contributed by atoms with van der Waals surface area (Å²) in [7, 11) is 1.67. The van der Waals surface area contributed by atoms with E-state index < -0.39 is 0 Å². The van der Waals surface area contributed by atoms with Gasteiger partial charge in [0.1, 0.15) is 17.8 Å². The van der Waals surface area contributed by atoms with Crippen LogP contribution in [0.3, 0.4) is 0 Å². The number of fused-ring (bicyclic) bond motifs is 1. The number of methoxy groups -OCH3 is 1. The van der Waals surface area contributed by atoms with Crippen LogP contribution in [0.2, 0.25) is 0 Å². The smallest absolute Gasteiger partial charge is 0.257 e. The van der Waals surface area contributed by atoms with Gasteiger partial charge in [-0.3, -0.25) is 4.79 Å². The number of hydrogen-bond acceptors (Lipinski definition) is 6. The van der Waals surface area contributed by atoms with Gasteiger partial charge in [0, 0.05) is 49.8 Å². The number of nitrogens with zero attached hydrogens (tertiary/aromatic N) is 3. The van der Waals surface area contributed by atoms with Gasteiger partial charge in [0.2, 0.25) is 0 Å². The Hall–Kier alpha value is -3.06. The Morgan fingerprint density at radius 3 is 2.81 bits per heavy atom. The normalized spacial score (nSPS) is 18.4. The van der Waals surface area contributed by atoms with Crippen LogP contribution in [0.15, 0.2) is 47.3 Å². The molecule has 1 amide bonds. The molecule has 1 atom stereocenters. The Balaban J connectivity index is 1.52. The van der Waals surface area contributed by atoms with Crippen LogP contribution >= 0.6 is 0 Å².